The van der Waals surface area contributed by atoms with Crippen LogP contribution in [-0.2, 0) is 32.2 Å². The van der Waals surface area contributed by atoms with Crippen molar-refractivity contribution in [3.05, 3.63) is 35.4 Å². The standard InChI is InChI=1S/C10H11O.2C4H10O.W/c1-2-5-9-6-3-4-7-10(9)8-11;2*1-4(2,3)5;/h3-4,6-7,11H,2,5,8H2;2*5H,1-3H3;. The summed E-state index contributed by atoms with van der Waals surface area (Å²) in [4.78, 5) is 0. The third-order valence-corrected chi connectivity index (χ3v) is 2.52. The molecule has 0 spiro atoms. The van der Waals surface area contributed by atoms with Gasteiger partial charge in [0.25, 0.3) is 0 Å². The molecular formula is C18H31O3W. The topological polar surface area (TPSA) is 60.7 Å². The maximum absolute atomic E-state index is 9.00. The molecule has 0 radical (unpaired) electrons. The zero-order valence-corrected chi connectivity index (χ0v) is 17.6. The molecule has 22 heavy (non-hydrogen) atoms. The van der Waals surface area contributed by atoms with Crippen molar-refractivity contribution in [3.8, 4) is 4.20 Å². The molecular weight excluding hydrogens is 448 g/mol. The first-order valence-corrected chi connectivity index (χ1v) is 8.82. The number of benzene rings is 1. The third kappa shape index (κ3) is 24.6. The summed E-state index contributed by atoms with van der Waals surface area (Å²) < 4.78 is 3.17. The molecule has 0 saturated carbocycles. The molecule has 0 amide bonds. The van der Waals surface area contributed by atoms with Crippen molar-refractivity contribution in [1.82, 2.24) is 0 Å². The van der Waals surface area contributed by atoms with Crippen molar-refractivity contribution in [2.75, 3.05) is 0 Å². The van der Waals surface area contributed by atoms with Gasteiger partial charge in [-0.05, 0) is 41.5 Å². The second-order valence-electron chi connectivity index (χ2n) is 6.91. The van der Waals surface area contributed by atoms with Crippen LogP contribution in [0.25, 0.3) is 0 Å². The predicted molar refractivity (Wildman–Crippen MR) is 88.5 cm³/mol. The van der Waals surface area contributed by atoms with E-state index in [0.717, 1.165) is 18.4 Å². The molecule has 1 aromatic carbocycles. The van der Waals surface area contributed by atoms with Crippen molar-refractivity contribution >= 4 is 0 Å². The molecule has 0 aliphatic heterocycles. The van der Waals surface area contributed by atoms with E-state index in [1.165, 1.54) is 24.7 Å². The molecule has 1 aromatic rings. The molecule has 0 aromatic heterocycles. The average molecular weight is 479 g/mol. The number of hydrogen-bond donors (Lipinski definition) is 3. The summed E-state index contributed by atoms with van der Waals surface area (Å²) in [5.41, 5.74) is 1.29. The fourth-order valence-electron chi connectivity index (χ4n) is 1.14. The average Bonchev–Trinajstić information content (AvgIpc) is 2.32. The van der Waals surface area contributed by atoms with Crippen LogP contribution in [0, 0.1) is 4.20 Å². The molecule has 0 heterocycles. The summed E-state index contributed by atoms with van der Waals surface area (Å²) in [7, 11) is 0. The van der Waals surface area contributed by atoms with Gasteiger partial charge >= 0.3 is 83.3 Å². The van der Waals surface area contributed by atoms with Crippen molar-refractivity contribution in [2.24, 2.45) is 0 Å². The first kappa shape index (κ1) is 23.8. The van der Waals surface area contributed by atoms with E-state index in [9.17, 15) is 0 Å². The van der Waals surface area contributed by atoms with Gasteiger partial charge < -0.3 is 10.2 Å². The normalized spacial score (nSPS) is 10.5. The summed E-state index contributed by atoms with van der Waals surface area (Å²) in [5.74, 6) is 0. The number of hydrogen-bond acceptors (Lipinski definition) is 3. The van der Waals surface area contributed by atoms with E-state index in [4.69, 9.17) is 15.3 Å². The van der Waals surface area contributed by atoms with E-state index in [1.54, 1.807) is 41.5 Å². The van der Waals surface area contributed by atoms with Crippen LogP contribution >= 0.6 is 0 Å². The molecule has 3 N–H and O–H groups in total. The molecule has 0 fully saturated rings. The van der Waals surface area contributed by atoms with Crippen LogP contribution in [-0.4, -0.2) is 26.5 Å². The van der Waals surface area contributed by atoms with E-state index in [1.807, 2.05) is 18.2 Å². The quantitative estimate of drug-likeness (QED) is 0.625. The van der Waals surface area contributed by atoms with Gasteiger partial charge in [0.15, 0.2) is 0 Å². The molecule has 0 saturated heterocycles. The van der Waals surface area contributed by atoms with Gasteiger partial charge in [-0.2, -0.15) is 0 Å². The van der Waals surface area contributed by atoms with Crippen LogP contribution in [0.3, 0.4) is 0 Å². The van der Waals surface area contributed by atoms with Crippen LogP contribution in [0.5, 0.6) is 0 Å². The third-order valence-electron chi connectivity index (χ3n) is 1.79. The fraction of sp³-hybridized carbons (Fsp3) is 0.611. The zero-order valence-electron chi connectivity index (χ0n) is 14.7. The second-order valence-corrected chi connectivity index (χ2v) is 7.95. The summed E-state index contributed by atoms with van der Waals surface area (Å²) in [6.45, 7) is 10.6. The van der Waals surface area contributed by atoms with E-state index in [-0.39, 0.29) is 6.61 Å². The Morgan fingerprint density at radius 1 is 0.909 bits per heavy atom. The van der Waals surface area contributed by atoms with Gasteiger partial charge in [-0.1, -0.05) is 0 Å². The Kier molecular flexibility index (Phi) is 13.0. The van der Waals surface area contributed by atoms with Crippen molar-refractivity contribution in [2.45, 2.75) is 72.2 Å². The Hall–Kier alpha value is -0.432. The molecule has 3 nitrogen and oxygen atoms in total. The van der Waals surface area contributed by atoms with E-state index in [2.05, 4.69) is 10.3 Å². The molecule has 0 aliphatic rings. The Bertz CT molecular complexity index is 413. The van der Waals surface area contributed by atoms with Gasteiger partial charge in [0.2, 0.25) is 0 Å². The van der Waals surface area contributed by atoms with E-state index < -0.39 is 11.2 Å². The minimum absolute atomic E-state index is 0.146. The molecule has 0 atom stereocenters. The number of aliphatic hydroxyl groups is 3. The van der Waals surface area contributed by atoms with E-state index >= 15 is 0 Å². The molecule has 0 unspecified atom stereocenters. The molecule has 0 aliphatic carbocycles. The SMILES string of the molecule is CC(C)(C)O.CC(C)(C)O.OCc1ccccc1CC[C]#[W]. The summed E-state index contributed by atoms with van der Waals surface area (Å²) in [5, 5.41) is 26.0. The second kappa shape index (κ2) is 12.0. The molecule has 4 heteroatoms. The van der Waals surface area contributed by atoms with Crippen molar-refractivity contribution in [1.29, 1.82) is 0 Å². The Labute approximate surface area is 146 Å². The molecule has 0 bridgehead atoms. The summed E-state index contributed by atoms with van der Waals surface area (Å²) in [6.07, 6.45) is 1.99. The van der Waals surface area contributed by atoms with Gasteiger partial charge in [0.05, 0.1) is 11.2 Å². The van der Waals surface area contributed by atoms with Gasteiger partial charge in [-0.3, -0.25) is 0 Å². The van der Waals surface area contributed by atoms with Gasteiger partial charge in [-0.15, -0.1) is 0 Å². The molecule has 1 rings (SSSR count). The zero-order chi connectivity index (χ0) is 17.8. The van der Waals surface area contributed by atoms with Crippen LogP contribution < -0.4 is 0 Å². The fourth-order valence-corrected chi connectivity index (χ4v) is 1.51. The number of aliphatic hydroxyl groups excluding tert-OH is 1. The Morgan fingerprint density at radius 3 is 1.59 bits per heavy atom. The van der Waals surface area contributed by atoms with Crippen molar-refractivity contribution in [3.63, 3.8) is 0 Å². The van der Waals surface area contributed by atoms with Gasteiger partial charge in [0.1, 0.15) is 0 Å². The molecule has 127 valence electrons. The van der Waals surface area contributed by atoms with Gasteiger partial charge in [-0.25, -0.2) is 0 Å². The summed E-state index contributed by atoms with van der Waals surface area (Å²) >= 11 is 1.39. The number of aryl methyl sites for hydroxylation is 1. The van der Waals surface area contributed by atoms with Crippen LogP contribution in [0.1, 0.15) is 59.1 Å². The first-order valence-electron chi connectivity index (χ1n) is 7.36. The first-order chi connectivity index (χ1) is 9.88. The Morgan fingerprint density at radius 2 is 1.27 bits per heavy atom. The van der Waals surface area contributed by atoms with Crippen LogP contribution in [0.2, 0.25) is 0 Å². The van der Waals surface area contributed by atoms with E-state index in [0.29, 0.717) is 0 Å². The minimum atomic E-state index is -0.500. The monoisotopic (exact) mass is 479 g/mol. The van der Waals surface area contributed by atoms with Crippen LogP contribution in [0.15, 0.2) is 24.3 Å². The van der Waals surface area contributed by atoms with Crippen LogP contribution in [0.4, 0.5) is 0 Å². The van der Waals surface area contributed by atoms with Crippen molar-refractivity contribution < 1.29 is 34.5 Å². The predicted octanol–water partition coefficient (Wildman–Crippen LogP) is 3.17. The number of rotatable bonds is 3. The van der Waals surface area contributed by atoms with Gasteiger partial charge in [0, 0.05) is 0 Å². The Balaban J connectivity index is 0. The maximum atomic E-state index is 9.00. The summed E-state index contributed by atoms with van der Waals surface area (Å²) in [6, 6.07) is 8.01.